The van der Waals surface area contributed by atoms with Gasteiger partial charge in [-0.3, -0.25) is 15.0 Å². The largest absolute Gasteiger partial charge is 0.391 e. The van der Waals surface area contributed by atoms with Crippen LogP contribution in [0, 0.1) is 5.92 Å². The summed E-state index contributed by atoms with van der Waals surface area (Å²) < 4.78 is 67.6. The molecule has 1 saturated carbocycles. The molecule has 1 aliphatic carbocycles. The molecule has 1 aliphatic heterocycles. The molecule has 0 atom stereocenters. The lowest BCUT2D eigenvalue weighted by Gasteiger charge is -2.33. The number of carbonyl (C=O) groups is 1. The van der Waals surface area contributed by atoms with Crippen LogP contribution in [-0.4, -0.2) is 83.7 Å². The molecular weight excluding hydrogens is 563 g/mol. The van der Waals surface area contributed by atoms with Crippen molar-refractivity contribution < 1.29 is 26.4 Å². The molecule has 2 aliphatic rings. The molecule has 1 amide bonds. The molecule has 1 saturated heterocycles. The van der Waals surface area contributed by atoms with Gasteiger partial charge >= 0.3 is 6.18 Å². The predicted octanol–water partition coefficient (Wildman–Crippen LogP) is 3.63. The second-order valence-electron chi connectivity index (χ2n) is 9.36. The average molecular weight is 590 g/mol. The van der Waals surface area contributed by atoms with Gasteiger partial charge in [0.1, 0.15) is 5.51 Å². The molecule has 0 unspecified atom stereocenters. The highest BCUT2D eigenvalue weighted by atomic mass is 32.2. The normalized spacial score (nSPS) is 22.0. The minimum atomic E-state index is -4.15. The second-order valence-corrected chi connectivity index (χ2v) is 13.2. The molecule has 16 heteroatoms. The Morgan fingerprint density at radius 3 is 2.47 bits per heavy atom. The van der Waals surface area contributed by atoms with E-state index in [4.69, 9.17) is 0 Å². The second kappa shape index (κ2) is 11.0. The van der Waals surface area contributed by atoms with Crippen LogP contribution in [0.25, 0.3) is 10.2 Å². The molecule has 206 valence electrons. The van der Waals surface area contributed by atoms with Crippen LogP contribution in [0.2, 0.25) is 0 Å². The van der Waals surface area contributed by atoms with Crippen LogP contribution >= 0.6 is 22.7 Å². The van der Waals surface area contributed by atoms with Crippen molar-refractivity contribution in [2.75, 3.05) is 43.4 Å². The van der Waals surface area contributed by atoms with Crippen LogP contribution in [0.4, 0.5) is 23.4 Å². The molecule has 3 aromatic rings. The number of hydrogen-bond acceptors (Lipinski definition) is 10. The summed E-state index contributed by atoms with van der Waals surface area (Å²) in [4.78, 5) is 18.7. The topological polar surface area (TPSA) is 120 Å². The van der Waals surface area contributed by atoms with Gasteiger partial charge in [-0.25, -0.2) is 13.4 Å². The van der Waals surface area contributed by atoms with Crippen molar-refractivity contribution in [3.8, 4) is 0 Å². The molecular formula is C22H26F3N7O3S3. The molecule has 0 bridgehead atoms. The number of piperazine rings is 1. The number of halogens is 3. The molecule has 1 aromatic carbocycles. The number of benzene rings is 1. The fraction of sp³-hybridized carbons (Fsp3) is 0.545. The monoisotopic (exact) mass is 589 g/mol. The summed E-state index contributed by atoms with van der Waals surface area (Å²) in [6.45, 7) is 1.44. The Labute approximate surface area is 225 Å². The lowest BCUT2D eigenvalue weighted by atomic mass is 9.86. The van der Waals surface area contributed by atoms with Crippen LogP contribution in [0.1, 0.15) is 25.7 Å². The third-order valence-corrected chi connectivity index (χ3v) is 10.3. The van der Waals surface area contributed by atoms with Crippen molar-refractivity contribution in [1.82, 2.24) is 24.4 Å². The number of nitrogens with zero attached hydrogens (tertiary/aromatic N) is 5. The number of thiazole rings is 1. The summed E-state index contributed by atoms with van der Waals surface area (Å²) in [6, 6.07) is 4.71. The third-order valence-electron chi connectivity index (χ3n) is 6.82. The summed E-state index contributed by atoms with van der Waals surface area (Å²) in [7, 11) is -3.76. The highest BCUT2D eigenvalue weighted by molar-refractivity contribution is 7.89. The smallest absolute Gasteiger partial charge is 0.359 e. The SMILES string of the molecule is O=C(CN1CCN(S(=O)(=O)c2ccc3sc(NC4CCC(C(F)(F)F)CC4)nc3c2)CC1)Nc1nncs1. The molecule has 0 spiro atoms. The molecule has 2 fully saturated rings. The van der Waals surface area contributed by atoms with Crippen molar-refractivity contribution in [2.45, 2.75) is 42.8 Å². The van der Waals surface area contributed by atoms with Gasteiger partial charge in [-0.2, -0.15) is 17.5 Å². The van der Waals surface area contributed by atoms with E-state index < -0.39 is 22.1 Å². The number of hydrogen-bond donors (Lipinski definition) is 2. The fourth-order valence-corrected chi connectivity index (χ4v) is 7.56. The zero-order valence-electron chi connectivity index (χ0n) is 20.1. The third kappa shape index (κ3) is 6.25. The van der Waals surface area contributed by atoms with Gasteiger partial charge in [-0.15, -0.1) is 10.2 Å². The Kier molecular flexibility index (Phi) is 7.86. The Morgan fingerprint density at radius 2 is 1.82 bits per heavy atom. The number of amides is 1. The van der Waals surface area contributed by atoms with Crippen molar-refractivity contribution in [3.63, 3.8) is 0 Å². The van der Waals surface area contributed by atoms with Crippen molar-refractivity contribution in [2.24, 2.45) is 5.92 Å². The highest BCUT2D eigenvalue weighted by Crippen LogP contribution is 2.39. The Morgan fingerprint density at radius 1 is 1.08 bits per heavy atom. The van der Waals surface area contributed by atoms with E-state index in [-0.39, 0.29) is 49.3 Å². The van der Waals surface area contributed by atoms with E-state index >= 15 is 0 Å². The first-order chi connectivity index (χ1) is 18.1. The van der Waals surface area contributed by atoms with E-state index in [1.54, 1.807) is 12.1 Å². The summed E-state index contributed by atoms with van der Waals surface area (Å²) in [6.07, 6.45) is -3.14. The van der Waals surface area contributed by atoms with Crippen LogP contribution in [0.5, 0.6) is 0 Å². The van der Waals surface area contributed by atoms with Gasteiger partial charge in [0.25, 0.3) is 0 Å². The van der Waals surface area contributed by atoms with E-state index in [1.807, 2.05) is 4.90 Å². The number of fused-ring (bicyclic) bond motifs is 1. The molecule has 5 rings (SSSR count). The number of rotatable bonds is 7. The maximum Gasteiger partial charge on any atom is 0.391 e. The quantitative estimate of drug-likeness (QED) is 0.429. The van der Waals surface area contributed by atoms with Gasteiger partial charge in [-0.1, -0.05) is 22.7 Å². The minimum Gasteiger partial charge on any atom is -0.359 e. The highest BCUT2D eigenvalue weighted by Gasteiger charge is 2.41. The fourth-order valence-electron chi connectivity index (χ4n) is 4.74. The first-order valence-electron chi connectivity index (χ1n) is 12.1. The van der Waals surface area contributed by atoms with Gasteiger partial charge in [0.05, 0.1) is 27.6 Å². The number of anilines is 2. The molecule has 38 heavy (non-hydrogen) atoms. The van der Waals surface area contributed by atoms with Gasteiger partial charge in [0.2, 0.25) is 21.1 Å². The zero-order valence-corrected chi connectivity index (χ0v) is 22.6. The summed E-state index contributed by atoms with van der Waals surface area (Å²) in [5, 5.41) is 14.3. The van der Waals surface area contributed by atoms with Crippen molar-refractivity contribution in [1.29, 1.82) is 0 Å². The van der Waals surface area contributed by atoms with E-state index in [0.717, 1.165) is 4.70 Å². The average Bonchev–Trinajstić information content (AvgIpc) is 3.53. The maximum atomic E-state index is 13.3. The summed E-state index contributed by atoms with van der Waals surface area (Å²) in [5.41, 5.74) is 2.04. The zero-order chi connectivity index (χ0) is 26.9. The van der Waals surface area contributed by atoms with E-state index in [2.05, 4.69) is 25.8 Å². The van der Waals surface area contributed by atoms with E-state index in [1.165, 1.54) is 38.6 Å². The summed E-state index contributed by atoms with van der Waals surface area (Å²) >= 11 is 2.57. The number of nitrogens with one attached hydrogen (secondary N) is 2. The summed E-state index contributed by atoms with van der Waals surface area (Å²) in [5.74, 6) is -1.48. The first-order valence-corrected chi connectivity index (χ1v) is 15.2. The van der Waals surface area contributed by atoms with Gasteiger partial charge in [-0.05, 0) is 43.9 Å². The lowest BCUT2D eigenvalue weighted by Crippen LogP contribution is -2.50. The van der Waals surface area contributed by atoms with Crippen molar-refractivity contribution >= 4 is 59.1 Å². The molecule has 0 radical (unpaired) electrons. The number of sulfonamides is 1. The molecule has 2 aromatic heterocycles. The standard InChI is InChI=1S/C22H26F3N7O3S3/c23-22(24,25)14-1-3-15(4-2-14)27-20-28-17-11-16(5-6-18(17)37-20)38(34,35)32-9-7-31(8-10-32)12-19(33)29-21-30-26-13-36-21/h5-6,11,13-15H,1-4,7-10,12H2,(H,27,28)(H,29,30,33). The number of alkyl halides is 3. The van der Waals surface area contributed by atoms with Crippen LogP contribution in [-0.2, 0) is 14.8 Å². The minimum absolute atomic E-state index is 0.0889. The molecule has 2 N–H and O–H groups in total. The van der Waals surface area contributed by atoms with Crippen LogP contribution in [0.15, 0.2) is 28.6 Å². The predicted molar refractivity (Wildman–Crippen MR) is 139 cm³/mol. The van der Waals surface area contributed by atoms with E-state index in [0.29, 0.717) is 41.7 Å². The lowest BCUT2D eigenvalue weighted by molar-refractivity contribution is -0.182. The van der Waals surface area contributed by atoms with E-state index in [9.17, 15) is 26.4 Å². The maximum absolute atomic E-state index is 13.3. The first kappa shape index (κ1) is 27.2. The van der Waals surface area contributed by atoms with Crippen LogP contribution < -0.4 is 10.6 Å². The molecule has 3 heterocycles. The van der Waals surface area contributed by atoms with Gasteiger partial charge in [0, 0.05) is 32.2 Å². The van der Waals surface area contributed by atoms with Gasteiger partial charge in [0.15, 0.2) is 5.13 Å². The Hall–Kier alpha value is -2.40. The Balaban J connectivity index is 1.17. The Bertz CT molecular complexity index is 1370. The molecule has 10 nitrogen and oxygen atoms in total. The van der Waals surface area contributed by atoms with Gasteiger partial charge < -0.3 is 5.32 Å². The van der Waals surface area contributed by atoms with Crippen LogP contribution in [0.3, 0.4) is 0 Å². The number of carbonyl (C=O) groups excluding carboxylic acids is 1. The number of aromatic nitrogens is 3. The van der Waals surface area contributed by atoms with Crippen molar-refractivity contribution in [3.05, 3.63) is 23.7 Å².